The molecule has 2 heterocycles. The Hall–Kier alpha value is -6.64. The Bertz CT molecular complexity index is 2920. The average molecular weight is 635 g/mol. The molecular formula is C48H30N2. The maximum Gasteiger partial charge on any atom is 0.0795 e. The molecule has 0 fully saturated rings. The first kappa shape index (κ1) is 28.4. The van der Waals surface area contributed by atoms with Crippen LogP contribution in [0.15, 0.2) is 182 Å². The van der Waals surface area contributed by atoms with Crippen molar-refractivity contribution in [3.05, 3.63) is 182 Å². The summed E-state index contributed by atoms with van der Waals surface area (Å²) in [6, 6.07) is 61.4. The van der Waals surface area contributed by atoms with Crippen molar-refractivity contribution in [1.82, 2.24) is 9.97 Å². The second-order valence-corrected chi connectivity index (χ2v) is 13.0. The summed E-state index contributed by atoms with van der Waals surface area (Å²) in [5, 5.41) is 12.2. The number of benzene rings is 8. The molecule has 0 N–H and O–H groups in total. The van der Waals surface area contributed by atoms with E-state index in [2.05, 4.69) is 170 Å². The minimum Gasteiger partial charge on any atom is -0.256 e. The highest BCUT2D eigenvalue weighted by molar-refractivity contribution is 6.22. The minimum absolute atomic E-state index is 0.931. The lowest BCUT2D eigenvalue weighted by molar-refractivity contribution is 1.29. The van der Waals surface area contributed by atoms with Gasteiger partial charge in [-0.3, -0.25) is 9.97 Å². The lowest BCUT2D eigenvalue weighted by atomic mass is 9.84. The van der Waals surface area contributed by atoms with E-state index >= 15 is 0 Å². The summed E-state index contributed by atoms with van der Waals surface area (Å²) in [5.41, 5.74) is 8.88. The quantitative estimate of drug-likeness (QED) is 0.180. The van der Waals surface area contributed by atoms with Crippen LogP contribution < -0.4 is 0 Å². The molecule has 0 atom stereocenters. The molecule has 2 nitrogen and oxygen atoms in total. The highest BCUT2D eigenvalue weighted by atomic mass is 14.7. The number of nitrogens with zero attached hydrogens (tertiary/aromatic N) is 2. The molecule has 10 rings (SSSR count). The summed E-state index contributed by atoms with van der Waals surface area (Å²) >= 11 is 0. The van der Waals surface area contributed by atoms with Crippen molar-refractivity contribution in [2.45, 2.75) is 0 Å². The Labute approximate surface area is 290 Å². The Kier molecular flexibility index (Phi) is 6.53. The number of rotatable bonds is 4. The first-order chi connectivity index (χ1) is 24.8. The molecule has 0 saturated heterocycles. The van der Waals surface area contributed by atoms with Gasteiger partial charge in [-0.15, -0.1) is 0 Å². The molecule has 2 heteroatoms. The van der Waals surface area contributed by atoms with Gasteiger partial charge in [0.2, 0.25) is 0 Å². The molecular weight excluding hydrogens is 605 g/mol. The molecule has 0 aliphatic heterocycles. The molecule has 8 aromatic carbocycles. The monoisotopic (exact) mass is 634 g/mol. The largest absolute Gasteiger partial charge is 0.256 e. The van der Waals surface area contributed by atoms with Crippen LogP contribution in [0.2, 0.25) is 0 Å². The number of hydrogen-bond donors (Lipinski definition) is 0. The van der Waals surface area contributed by atoms with E-state index in [9.17, 15) is 0 Å². The highest BCUT2D eigenvalue weighted by Crippen LogP contribution is 2.45. The van der Waals surface area contributed by atoms with Crippen LogP contribution >= 0.6 is 0 Å². The molecule has 232 valence electrons. The van der Waals surface area contributed by atoms with Gasteiger partial charge in [-0.25, -0.2) is 0 Å². The van der Waals surface area contributed by atoms with Gasteiger partial charge < -0.3 is 0 Å². The zero-order chi connectivity index (χ0) is 33.0. The molecule has 50 heavy (non-hydrogen) atoms. The number of fused-ring (bicyclic) bond motifs is 5. The molecule has 0 spiro atoms. The maximum atomic E-state index is 5.02. The summed E-state index contributed by atoms with van der Waals surface area (Å²) in [6.07, 6.45) is 3.83. The van der Waals surface area contributed by atoms with E-state index in [1.165, 1.54) is 70.7 Å². The third-order valence-corrected chi connectivity index (χ3v) is 10.1. The molecule has 0 bridgehead atoms. The van der Waals surface area contributed by atoms with Crippen molar-refractivity contribution in [3.63, 3.8) is 0 Å². The topological polar surface area (TPSA) is 25.8 Å². The fourth-order valence-corrected chi connectivity index (χ4v) is 7.70. The number of hydrogen-bond acceptors (Lipinski definition) is 2. The van der Waals surface area contributed by atoms with Gasteiger partial charge in [0.1, 0.15) is 0 Å². The van der Waals surface area contributed by atoms with Crippen molar-refractivity contribution in [3.8, 4) is 44.8 Å². The molecule has 0 amide bonds. The van der Waals surface area contributed by atoms with E-state index in [0.717, 1.165) is 27.9 Å². The third-order valence-electron chi connectivity index (χ3n) is 10.1. The Balaban J connectivity index is 1.22. The van der Waals surface area contributed by atoms with E-state index in [0.29, 0.717) is 0 Å². The Morgan fingerprint density at radius 2 is 0.820 bits per heavy atom. The Morgan fingerprint density at radius 3 is 1.46 bits per heavy atom. The van der Waals surface area contributed by atoms with Crippen molar-refractivity contribution < 1.29 is 0 Å². The summed E-state index contributed by atoms with van der Waals surface area (Å²) < 4.78 is 0. The lowest BCUT2D eigenvalue weighted by Crippen LogP contribution is -1.93. The van der Waals surface area contributed by atoms with E-state index in [1.807, 2.05) is 12.4 Å². The summed E-state index contributed by atoms with van der Waals surface area (Å²) in [7, 11) is 0. The van der Waals surface area contributed by atoms with Gasteiger partial charge in [-0.2, -0.15) is 0 Å². The van der Waals surface area contributed by atoms with E-state index in [4.69, 9.17) is 9.97 Å². The molecule has 0 unspecified atom stereocenters. The highest BCUT2D eigenvalue weighted by Gasteiger charge is 2.18. The second-order valence-electron chi connectivity index (χ2n) is 13.0. The number of pyridine rings is 2. The van der Waals surface area contributed by atoms with Gasteiger partial charge in [0, 0.05) is 28.9 Å². The van der Waals surface area contributed by atoms with Gasteiger partial charge >= 0.3 is 0 Å². The Morgan fingerprint density at radius 1 is 0.300 bits per heavy atom. The molecule has 10 aromatic rings. The SMILES string of the molecule is c1ccc2cc(-c3c4ccccc4c(-c4ccc5ccccc5c4)c4cc(-c5ccc(-c6nccc7ccccc67)cn5)ccc34)ccc2c1. The van der Waals surface area contributed by atoms with Crippen LogP contribution in [0, 0.1) is 0 Å². The maximum absolute atomic E-state index is 5.02. The van der Waals surface area contributed by atoms with Gasteiger partial charge in [0.15, 0.2) is 0 Å². The summed E-state index contributed by atoms with van der Waals surface area (Å²) in [5.74, 6) is 0. The van der Waals surface area contributed by atoms with Crippen LogP contribution in [-0.4, -0.2) is 9.97 Å². The van der Waals surface area contributed by atoms with Crippen molar-refractivity contribution in [1.29, 1.82) is 0 Å². The zero-order valence-electron chi connectivity index (χ0n) is 27.2. The summed E-state index contributed by atoms with van der Waals surface area (Å²) in [6.45, 7) is 0. The van der Waals surface area contributed by atoms with Crippen molar-refractivity contribution in [2.24, 2.45) is 0 Å². The minimum atomic E-state index is 0.931. The smallest absolute Gasteiger partial charge is 0.0795 e. The normalized spacial score (nSPS) is 11.6. The number of aromatic nitrogens is 2. The fraction of sp³-hybridized carbons (Fsp3) is 0. The first-order valence-electron chi connectivity index (χ1n) is 17.1. The predicted molar refractivity (Wildman–Crippen MR) is 211 cm³/mol. The lowest BCUT2D eigenvalue weighted by Gasteiger charge is -2.19. The van der Waals surface area contributed by atoms with Gasteiger partial charge in [0.25, 0.3) is 0 Å². The molecule has 0 saturated carbocycles. The van der Waals surface area contributed by atoms with E-state index < -0.39 is 0 Å². The third kappa shape index (κ3) is 4.65. The van der Waals surface area contributed by atoms with Crippen LogP contribution in [0.25, 0.3) is 98.6 Å². The molecule has 0 aliphatic carbocycles. The predicted octanol–water partition coefficient (Wildman–Crippen LogP) is 12.9. The molecule has 2 aromatic heterocycles. The van der Waals surface area contributed by atoms with Crippen LogP contribution in [0.5, 0.6) is 0 Å². The van der Waals surface area contributed by atoms with Gasteiger partial charge in [-0.1, -0.05) is 133 Å². The van der Waals surface area contributed by atoms with Gasteiger partial charge in [-0.05, 0) is 107 Å². The van der Waals surface area contributed by atoms with Crippen LogP contribution in [0.3, 0.4) is 0 Å². The van der Waals surface area contributed by atoms with Gasteiger partial charge in [0.05, 0.1) is 11.4 Å². The molecule has 0 radical (unpaired) electrons. The summed E-state index contributed by atoms with van der Waals surface area (Å²) in [4.78, 5) is 9.75. The van der Waals surface area contributed by atoms with Crippen LogP contribution in [-0.2, 0) is 0 Å². The second kappa shape index (κ2) is 11.5. The van der Waals surface area contributed by atoms with Crippen molar-refractivity contribution >= 4 is 53.9 Å². The van der Waals surface area contributed by atoms with Crippen LogP contribution in [0.4, 0.5) is 0 Å². The average Bonchev–Trinajstić information content (AvgIpc) is 3.19. The zero-order valence-corrected chi connectivity index (χ0v) is 27.2. The fourth-order valence-electron chi connectivity index (χ4n) is 7.70. The van der Waals surface area contributed by atoms with Crippen molar-refractivity contribution in [2.75, 3.05) is 0 Å². The first-order valence-corrected chi connectivity index (χ1v) is 17.1. The van der Waals surface area contributed by atoms with Crippen LogP contribution in [0.1, 0.15) is 0 Å². The van der Waals surface area contributed by atoms with E-state index in [-0.39, 0.29) is 0 Å². The molecule has 0 aliphatic rings. The van der Waals surface area contributed by atoms with E-state index in [1.54, 1.807) is 0 Å². The standard InChI is InChI=1S/C48H30N2/c1-3-12-34-27-37(19-17-31(34)9-1)46-41-15-7-8-16-42(41)47(38-20-18-32-10-2-4-13-35(32)28-38)44-29-36(21-23-43(44)46)45-24-22-39(30-50-45)48-40-14-6-5-11-33(40)25-26-49-48/h1-30H.